The minimum absolute atomic E-state index is 0.0134. The summed E-state index contributed by atoms with van der Waals surface area (Å²) < 4.78 is 1.47. The molecule has 2 N–H and O–H groups in total. The lowest BCUT2D eigenvalue weighted by Crippen LogP contribution is -2.42. The summed E-state index contributed by atoms with van der Waals surface area (Å²) in [6, 6.07) is 15.2. The van der Waals surface area contributed by atoms with Gasteiger partial charge in [-0.3, -0.25) is 23.9 Å². The maximum Gasteiger partial charge on any atom is 0.267 e. The zero-order valence-corrected chi connectivity index (χ0v) is 15.9. The van der Waals surface area contributed by atoms with E-state index in [1.807, 2.05) is 30.3 Å². The van der Waals surface area contributed by atoms with Gasteiger partial charge in [0.15, 0.2) is 0 Å². The molecule has 0 aliphatic carbocycles. The molecule has 0 unspecified atom stereocenters. The van der Waals surface area contributed by atoms with Crippen molar-refractivity contribution in [1.29, 1.82) is 5.26 Å². The largest absolute Gasteiger partial charge is 0.365 e. The third kappa shape index (κ3) is 3.39. The first-order valence-corrected chi connectivity index (χ1v) is 9.52. The molecule has 1 fully saturated rings. The second kappa shape index (κ2) is 7.49. The number of primary amides is 1. The van der Waals surface area contributed by atoms with Gasteiger partial charge in [0.2, 0.25) is 0 Å². The molecule has 0 bridgehead atoms. The van der Waals surface area contributed by atoms with E-state index in [1.54, 1.807) is 24.5 Å². The zero-order valence-electron chi connectivity index (χ0n) is 15.9. The van der Waals surface area contributed by atoms with Gasteiger partial charge in [-0.15, -0.1) is 0 Å². The summed E-state index contributed by atoms with van der Waals surface area (Å²) in [5, 5.41) is 9.84. The highest BCUT2D eigenvalue weighted by molar-refractivity contribution is 5.93. The van der Waals surface area contributed by atoms with Crippen LogP contribution >= 0.6 is 0 Å². The van der Waals surface area contributed by atoms with E-state index in [2.05, 4.69) is 16.0 Å². The van der Waals surface area contributed by atoms with Gasteiger partial charge in [-0.25, -0.2) is 0 Å². The molecule has 0 saturated carbocycles. The molecule has 1 aliphatic heterocycles. The van der Waals surface area contributed by atoms with Crippen molar-refractivity contribution in [3.63, 3.8) is 0 Å². The molecule has 0 aromatic carbocycles. The fourth-order valence-corrected chi connectivity index (χ4v) is 4.03. The lowest BCUT2D eigenvalue weighted by atomic mass is 9.76. The summed E-state index contributed by atoms with van der Waals surface area (Å²) in [6.07, 6.45) is 4.72. The summed E-state index contributed by atoms with van der Waals surface area (Å²) in [4.78, 5) is 30.9. The van der Waals surface area contributed by atoms with Gasteiger partial charge < -0.3 is 5.73 Å². The molecule has 29 heavy (non-hydrogen) atoms. The van der Waals surface area contributed by atoms with Crippen molar-refractivity contribution in [3.8, 4) is 6.07 Å². The number of fused-ring (bicyclic) bond motifs is 1. The Morgan fingerprint density at radius 3 is 2.62 bits per heavy atom. The van der Waals surface area contributed by atoms with Crippen LogP contribution in [0.4, 0.5) is 0 Å². The van der Waals surface area contributed by atoms with E-state index in [9.17, 15) is 14.9 Å². The summed E-state index contributed by atoms with van der Waals surface area (Å²) in [6.45, 7) is 2.00. The van der Waals surface area contributed by atoms with Gasteiger partial charge in [-0.1, -0.05) is 12.1 Å². The lowest BCUT2D eigenvalue weighted by molar-refractivity contribution is 0.0998. The standard InChI is InChI=1S/C22H21N5O2/c23-15-22(19-6-1-3-9-25-19)7-11-26(12-8-22)14-16-13-17(20(24)28)21(29)27-10-4-2-5-18(16)27/h1-6,9-10,13H,7-8,11-12,14H2,(H2,24,28). The smallest absolute Gasteiger partial charge is 0.267 e. The Hall–Kier alpha value is -3.50. The van der Waals surface area contributed by atoms with Crippen LogP contribution in [0.2, 0.25) is 0 Å². The number of nitrogens with two attached hydrogens (primary N) is 1. The molecule has 7 nitrogen and oxygen atoms in total. The fraction of sp³-hybridized carbons (Fsp3) is 0.273. The van der Waals surface area contributed by atoms with Crippen LogP contribution in [0.25, 0.3) is 5.52 Å². The minimum atomic E-state index is -0.730. The number of hydrogen-bond acceptors (Lipinski definition) is 5. The SMILES string of the molecule is N#CC1(c2ccccn2)CCN(Cc2cc(C(N)=O)c(=O)n3ccccc23)CC1. The van der Waals surface area contributed by atoms with Gasteiger partial charge in [-0.05, 0) is 48.7 Å². The van der Waals surface area contributed by atoms with Crippen LogP contribution in [0.15, 0.2) is 59.7 Å². The molecule has 4 rings (SSSR count). The van der Waals surface area contributed by atoms with E-state index in [4.69, 9.17) is 5.73 Å². The average molecular weight is 387 g/mol. The van der Waals surface area contributed by atoms with Gasteiger partial charge >= 0.3 is 0 Å². The molecular weight excluding hydrogens is 366 g/mol. The predicted molar refractivity (Wildman–Crippen MR) is 108 cm³/mol. The minimum Gasteiger partial charge on any atom is -0.365 e. The van der Waals surface area contributed by atoms with Gasteiger partial charge in [0.25, 0.3) is 11.5 Å². The van der Waals surface area contributed by atoms with Crippen molar-refractivity contribution >= 4 is 11.4 Å². The van der Waals surface area contributed by atoms with Gasteiger partial charge in [0.05, 0.1) is 17.3 Å². The Bertz CT molecular complexity index is 1160. The molecular formula is C22H21N5O2. The van der Waals surface area contributed by atoms with Crippen LogP contribution < -0.4 is 11.3 Å². The van der Waals surface area contributed by atoms with Crippen molar-refractivity contribution < 1.29 is 4.79 Å². The Morgan fingerprint density at radius 2 is 1.97 bits per heavy atom. The van der Waals surface area contributed by atoms with Gasteiger partial charge in [-0.2, -0.15) is 5.26 Å². The number of amides is 1. The number of carbonyl (C=O) groups is 1. The second-order valence-electron chi connectivity index (χ2n) is 7.39. The van der Waals surface area contributed by atoms with Crippen molar-refractivity contribution in [1.82, 2.24) is 14.3 Å². The molecule has 0 radical (unpaired) electrons. The number of nitriles is 1. The Balaban J connectivity index is 1.61. The first kappa shape index (κ1) is 18.8. The highest BCUT2D eigenvalue weighted by Crippen LogP contribution is 2.34. The molecule has 146 valence electrons. The van der Waals surface area contributed by atoms with Crippen LogP contribution in [0.1, 0.15) is 34.5 Å². The van der Waals surface area contributed by atoms with Crippen LogP contribution in [0.3, 0.4) is 0 Å². The van der Waals surface area contributed by atoms with Crippen molar-refractivity contribution in [2.45, 2.75) is 24.8 Å². The predicted octanol–water partition coefficient (Wildman–Crippen LogP) is 1.85. The van der Waals surface area contributed by atoms with E-state index >= 15 is 0 Å². The summed E-state index contributed by atoms with van der Waals surface area (Å²) in [7, 11) is 0. The number of rotatable bonds is 4. The second-order valence-corrected chi connectivity index (χ2v) is 7.39. The molecule has 1 aliphatic rings. The molecule has 1 saturated heterocycles. The average Bonchev–Trinajstić information content (AvgIpc) is 2.77. The molecule has 3 aromatic rings. The maximum absolute atomic E-state index is 12.5. The number of aromatic nitrogens is 2. The molecule has 7 heteroatoms. The van der Waals surface area contributed by atoms with Crippen LogP contribution in [-0.4, -0.2) is 33.3 Å². The van der Waals surface area contributed by atoms with Crippen LogP contribution in [0.5, 0.6) is 0 Å². The van der Waals surface area contributed by atoms with Gasteiger partial charge in [0.1, 0.15) is 11.0 Å². The number of likely N-dealkylation sites (tertiary alicyclic amines) is 1. The molecule has 3 aromatic heterocycles. The molecule has 0 spiro atoms. The van der Waals surface area contributed by atoms with Crippen LogP contribution in [0, 0.1) is 11.3 Å². The quantitative estimate of drug-likeness (QED) is 0.736. The van der Waals surface area contributed by atoms with E-state index < -0.39 is 16.9 Å². The third-order valence-corrected chi connectivity index (χ3v) is 5.69. The zero-order chi connectivity index (χ0) is 20.4. The first-order valence-electron chi connectivity index (χ1n) is 9.52. The monoisotopic (exact) mass is 387 g/mol. The van der Waals surface area contributed by atoms with E-state index in [1.165, 1.54) is 4.40 Å². The highest BCUT2D eigenvalue weighted by atomic mass is 16.2. The van der Waals surface area contributed by atoms with E-state index in [0.717, 1.165) is 16.8 Å². The van der Waals surface area contributed by atoms with Gasteiger partial charge in [0, 0.05) is 32.0 Å². The Kier molecular flexibility index (Phi) is 4.87. The summed E-state index contributed by atoms with van der Waals surface area (Å²) in [5.74, 6) is -0.730. The topological polar surface area (TPSA) is 104 Å². The summed E-state index contributed by atoms with van der Waals surface area (Å²) in [5.41, 5.74) is 6.85. The van der Waals surface area contributed by atoms with Crippen LogP contribution in [-0.2, 0) is 12.0 Å². The first-order chi connectivity index (χ1) is 14.0. The van der Waals surface area contributed by atoms with Crippen molar-refractivity contribution in [3.05, 3.63) is 82.0 Å². The number of carbonyl (C=O) groups excluding carboxylic acids is 1. The van der Waals surface area contributed by atoms with Crippen molar-refractivity contribution in [2.24, 2.45) is 5.73 Å². The molecule has 0 atom stereocenters. The highest BCUT2D eigenvalue weighted by Gasteiger charge is 2.37. The van der Waals surface area contributed by atoms with E-state index in [0.29, 0.717) is 32.5 Å². The molecule has 4 heterocycles. The third-order valence-electron chi connectivity index (χ3n) is 5.69. The maximum atomic E-state index is 12.5. The lowest BCUT2D eigenvalue weighted by Gasteiger charge is -2.37. The number of nitrogens with zero attached hydrogens (tertiary/aromatic N) is 4. The Morgan fingerprint density at radius 1 is 1.21 bits per heavy atom. The van der Waals surface area contributed by atoms with E-state index in [-0.39, 0.29) is 5.56 Å². The number of piperidine rings is 1. The molecule has 1 amide bonds. The summed E-state index contributed by atoms with van der Waals surface area (Å²) >= 11 is 0. The number of pyridine rings is 3. The Labute approximate surface area is 168 Å². The normalized spacial score (nSPS) is 16.4. The number of hydrogen-bond donors (Lipinski definition) is 1. The van der Waals surface area contributed by atoms with Crippen molar-refractivity contribution in [2.75, 3.05) is 13.1 Å². The fourth-order valence-electron chi connectivity index (χ4n) is 4.03.